The summed E-state index contributed by atoms with van der Waals surface area (Å²) in [5.74, 6) is 2.32. The lowest BCUT2D eigenvalue weighted by atomic mass is 10.2. The van der Waals surface area contributed by atoms with Gasteiger partial charge in [0.1, 0.15) is 5.75 Å². The molecule has 0 bridgehead atoms. The Kier molecular flexibility index (Phi) is 5.80. The third kappa shape index (κ3) is 4.30. The number of carbonyl (C=O) groups is 1. The first kappa shape index (κ1) is 18.4. The van der Waals surface area contributed by atoms with E-state index in [-0.39, 0.29) is 12.8 Å². The number of anilines is 1. The highest BCUT2D eigenvalue weighted by atomic mass is 16.7. The topological polar surface area (TPSA) is 64.1 Å². The summed E-state index contributed by atoms with van der Waals surface area (Å²) in [5, 5.41) is 0. The quantitative estimate of drug-likeness (QED) is 0.618. The summed E-state index contributed by atoms with van der Waals surface area (Å²) in [6.07, 6.45) is 7.61. The molecular weight excluding hydrogens is 358 g/mol. The van der Waals surface area contributed by atoms with Crippen LogP contribution in [0.4, 0.5) is 10.5 Å². The third-order valence-electron chi connectivity index (χ3n) is 5.00. The first-order chi connectivity index (χ1) is 13.8. The van der Waals surface area contributed by atoms with E-state index in [1.54, 1.807) is 12.4 Å². The third-order valence-corrected chi connectivity index (χ3v) is 5.00. The fraction of sp³-hybridized carbons (Fsp3) is 0.429. The van der Waals surface area contributed by atoms with Crippen molar-refractivity contribution < 1.29 is 19.0 Å². The van der Waals surface area contributed by atoms with E-state index in [1.807, 2.05) is 40.1 Å². The van der Waals surface area contributed by atoms with Crippen LogP contribution in [0.25, 0.3) is 0 Å². The maximum absolute atomic E-state index is 12.5. The Hall–Kier alpha value is -2.96. The number of hydrogen-bond acceptors (Lipinski definition) is 5. The van der Waals surface area contributed by atoms with Gasteiger partial charge in [0.2, 0.25) is 6.79 Å². The largest absolute Gasteiger partial charge is 0.493 e. The summed E-state index contributed by atoms with van der Waals surface area (Å²) in [6.45, 7) is 3.29. The van der Waals surface area contributed by atoms with Crippen LogP contribution in [0.15, 0.2) is 42.7 Å². The molecule has 28 heavy (non-hydrogen) atoms. The van der Waals surface area contributed by atoms with Crippen molar-refractivity contribution in [3.05, 3.63) is 42.7 Å². The zero-order chi connectivity index (χ0) is 19.2. The molecule has 2 aromatic rings. The Morgan fingerprint density at radius 2 is 1.79 bits per heavy atom. The lowest BCUT2D eigenvalue weighted by Gasteiger charge is -2.18. The van der Waals surface area contributed by atoms with Gasteiger partial charge >= 0.3 is 6.03 Å². The second-order valence-electron chi connectivity index (χ2n) is 6.90. The van der Waals surface area contributed by atoms with Crippen LogP contribution in [0.1, 0.15) is 25.7 Å². The molecule has 3 heterocycles. The van der Waals surface area contributed by atoms with E-state index in [0.29, 0.717) is 6.61 Å². The minimum atomic E-state index is 0.0948. The van der Waals surface area contributed by atoms with Gasteiger partial charge in [0.05, 0.1) is 6.61 Å². The molecule has 148 valence electrons. The average molecular weight is 383 g/mol. The molecular formula is C21H25N3O4. The SMILES string of the molecule is O=C1N(CCCCCCOc2ccc3c(c2)OCO3)CCN1c1ccncc1. The Bertz CT molecular complexity index is 799. The van der Waals surface area contributed by atoms with E-state index in [0.717, 1.165) is 68.3 Å². The van der Waals surface area contributed by atoms with E-state index < -0.39 is 0 Å². The molecule has 2 aliphatic rings. The number of carbonyl (C=O) groups excluding carboxylic acids is 1. The van der Waals surface area contributed by atoms with Gasteiger partial charge in [-0.15, -0.1) is 0 Å². The normalized spacial score (nSPS) is 15.4. The first-order valence-corrected chi connectivity index (χ1v) is 9.80. The summed E-state index contributed by atoms with van der Waals surface area (Å²) < 4.78 is 16.4. The summed E-state index contributed by atoms with van der Waals surface area (Å²) in [4.78, 5) is 20.3. The van der Waals surface area contributed by atoms with Crippen molar-refractivity contribution in [1.82, 2.24) is 9.88 Å². The van der Waals surface area contributed by atoms with E-state index in [2.05, 4.69) is 4.98 Å². The highest BCUT2D eigenvalue weighted by molar-refractivity contribution is 5.93. The predicted octanol–water partition coefficient (Wildman–Crippen LogP) is 3.69. The van der Waals surface area contributed by atoms with Gasteiger partial charge in [0, 0.05) is 43.8 Å². The van der Waals surface area contributed by atoms with E-state index >= 15 is 0 Å². The zero-order valence-electron chi connectivity index (χ0n) is 15.9. The Balaban J connectivity index is 1.10. The average Bonchev–Trinajstić information content (AvgIpc) is 3.34. The number of rotatable bonds is 9. The molecule has 7 nitrogen and oxygen atoms in total. The number of urea groups is 1. The molecule has 7 heteroatoms. The number of aromatic nitrogens is 1. The highest BCUT2D eigenvalue weighted by Gasteiger charge is 2.28. The summed E-state index contributed by atoms with van der Waals surface area (Å²) in [5.41, 5.74) is 0.920. The molecule has 1 aromatic carbocycles. The van der Waals surface area contributed by atoms with Crippen LogP contribution in [-0.4, -0.2) is 48.9 Å². The van der Waals surface area contributed by atoms with Crippen molar-refractivity contribution in [3.8, 4) is 17.2 Å². The Labute approximate surface area is 164 Å². The summed E-state index contributed by atoms with van der Waals surface area (Å²) in [7, 11) is 0. The van der Waals surface area contributed by atoms with Gasteiger partial charge in [-0.3, -0.25) is 9.88 Å². The van der Waals surface area contributed by atoms with Gasteiger partial charge in [-0.05, 0) is 37.1 Å². The van der Waals surface area contributed by atoms with E-state index in [9.17, 15) is 4.79 Å². The zero-order valence-corrected chi connectivity index (χ0v) is 15.9. The minimum absolute atomic E-state index is 0.0948. The van der Waals surface area contributed by atoms with Crippen molar-refractivity contribution in [3.63, 3.8) is 0 Å². The molecule has 1 aromatic heterocycles. The van der Waals surface area contributed by atoms with Gasteiger partial charge in [-0.2, -0.15) is 0 Å². The van der Waals surface area contributed by atoms with Crippen molar-refractivity contribution in [2.45, 2.75) is 25.7 Å². The van der Waals surface area contributed by atoms with Gasteiger partial charge < -0.3 is 19.1 Å². The number of fused-ring (bicyclic) bond motifs is 1. The molecule has 2 aliphatic heterocycles. The number of benzene rings is 1. The standard InChI is InChI=1S/C21H25N3O4/c25-21-23(12-13-24(21)17-7-9-22-10-8-17)11-3-1-2-4-14-26-18-5-6-19-20(15-18)28-16-27-19/h5-10,15H,1-4,11-14,16H2. The van der Waals surface area contributed by atoms with Gasteiger partial charge in [0.15, 0.2) is 11.5 Å². The van der Waals surface area contributed by atoms with E-state index in [1.165, 1.54) is 0 Å². The second-order valence-corrected chi connectivity index (χ2v) is 6.90. The number of ether oxygens (including phenoxy) is 3. The predicted molar refractivity (Wildman–Crippen MR) is 105 cm³/mol. The van der Waals surface area contributed by atoms with Gasteiger partial charge in [-0.1, -0.05) is 12.8 Å². The van der Waals surface area contributed by atoms with Crippen molar-refractivity contribution in [2.75, 3.05) is 37.9 Å². The molecule has 0 aliphatic carbocycles. The lowest BCUT2D eigenvalue weighted by molar-refractivity contribution is 0.173. The lowest BCUT2D eigenvalue weighted by Crippen LogP contribution is -2.32. The van der Waals surface area contributed by atoms with Crippen LogP contribution in [0.3, 0.4) is 0 Å². The number of pyridine rings is 1. The number of nitrogens with zero attached hydrogens (tertiary/aromatic N) is 3. The number of hydrogen-bond donors (Lipinski definition) is 0. The molecule has 4 rings (SSSR count). The van der Waals surface area contributed by atoms with Crippen LogP contribution in [0.2, 0.25) is 0 Å². The second kappa shape index (κ2) is 8.82. The maximum atomic E-state index is 12.5. The van der Waals surface area contributed by atoms with Crippen molar-refractivity contribution >= 4 is 11.7 Å². The molecule has 0 spiro atoms. The van der Waals surface area contributed by atoms with Crippen molar-refractivity contribution in [2.24, 2.45) is 0 Å². The molecule has 0 atom stereocenters. The smallest absolute Gasteiger partial charge is 0.324 e. The number of unbranched alkanes of at least 4 members (excludes halogenated alkanes) is 3. The molecule has 0 unspecified atom stereocenters. The van der Waals surface area contributed by atoms with Crippen LogP contribution in [0.5, 0.6) is 17.2 Å². The molecule has 1 saturated heterocycles. The van der Waals surface area contributed by atoms with Crippen LogP contribution in [-0.2, 0) is 0 Å². The van der Waals surface area contributed by atoms with Crippen LogP contribution in [0, 0.1) is 0 Å². The molecule has 0 saturated carbocycles. The summed E-state index contributed by atoms with van der Waals surface area (Å²) in [6, 6.07) is 9.50. The molecule has 0 N–H and O–H groups in total. The monoisotopic (exact) mass is 383 g/mol. The number of amides is 2. The maximum Gasteiger partial charge on any atom is 0.324 e. The fourth-order valence-electron chi connectivity index (χ4n) is 3.47. The highest BCUT2D eigenvalue weighted by Crippen LogP contribution is 2.35. The molecule has 0 radical (unpaired) electrons. The van der Waals surface area contributed by atoms with E-state index in [4.69, 9.17) is 14.2 Å². The van der Waals surface area contributed by atoms with Gasteiger partial charge in [-0.25, -0.2) is 4.79 Å². The molecule has 1 fully saturated rings. The first-order valence-electron chi connectivity index (χ1n) is 9.80. The van der Waals surface area contributed by atoms with Crippen LogP contribution < -0.4 is 19.1 Å². The minimum Gasteiger partial charge on any atom is -0.493 e. The van der Waals surface area contributed by atoms with Gasteiger partial charge in [0.25, 0.3) is 0 Å². The fourth-order valence-corrected chi connectivity index (χ4v) is 3.47. The summed E-state index contributed by atoms with van der Waals surface area (Å²) >= 11 is 0. The van der Waals surface area contributed by atoms with Crippen molar-refractivity contribution in [1.29, 1.82) is 0 Å². The van der Waals surface area contributed by atoms with Crippen LogP contribution >= 0.6 is 0 Å². The Morgan fingerprint density at radius 1 is 0.964 bits per heavy atom. The molecule has 2 amide bonds. The Morgan fingerprint density at radius 3 is 2.68 bits per heavy atom.